The fourth-order valence-electron chi connectivity index (χ4n) is 3.22. The Hall–Kier alpha value is -1.14. The van der Waals surface area contributed by atoms with Crippen molar-refractivity contribution in [2.75, 3.05) is 13.2 Å². The third kappa shape index (κ3) is 2.02. The van der Waals surface area contributed by atoms with Gasteiger partial charge in [-0.3, -0.25) is 9.25 Å². The van der Waals surface area contributed by atoms with Gasteiger partial charge in [-0.05, 0) is 38.4 Å². The van der Waals surface area contributed by atoms with Crippen molar-refractivity contribution in [3.63, 3.8) is 0 Å². The Morgan fingerprint density at radius 1 is 1.50 bits per heavy atom. The number of nitrogens with zero attached hydrogens (tertiary/aromatic N) is 3. The second kappa shape index (κ2) is 5.00. The standard InChI is InChI=1S/C14H22N4OS/c1-4-6-10-11-12(17(3)16-10)18(13(20)15-11)14(2)7-5-8-19-9-14/h4-9H2,1-3H3,(H,15,20). The zero-order chi connectivity index (χ0) is 14.3. The Morgan fingerprint density at radius 2 is 2.30 bits per heavy atom. The summed E-state index contributed by atoms with van der Waals surface area (Å²) in [5.74, 6) is 0. The summed E-state index contributed by atoms with van der Waals surface area (Å²) in [6, 6.07) is 0. The molecule has 1 aliphatic heterocycles. The molecule has 1 unspecified atom stereocenters. The topological polar surface area (TPSA) is 47.8 Å². The van der Waals surface area contributed by atoms with Crippen LogP contribution >= 0.6 is 12.2 Å². The molecule has 2 aromatic heterocycles. The van der Waals surface area contributed by atoms with Crippen LogP contribution in [0.5, 0.6) is 0 Å². The highest BCUT2D eigenvalue weighted by Crippen LogP contribution is 2.32. The third-order valence-electron chi connectivity index (χ3n) is 4.18. The highest BCUT2D eigenvalue weighted by atomic mass is 32.1. The van der Waals surface area contributed by atoms with Crippen molar-refractivity contribution < 1.29 is 4.74 Å². The van der Waals surface area contributed by atoms with Gasteiger partial charge >= 0.3 is 0 Å². The summed E-state index contributed by atoms with van der Waals surface area (Å²) in [5.41, 5.74) is 3.21. The van der Waals surface area contributed by atoms with Crippen LogP contribution in [0.4, 0.5) is 0 Å². The van der Waals surface area contributed by atoms with E-state index in [1.165, 1.54) is 0 Å². The lowest BCUT2D eigenvalue weighted by Crippen LogP contribution is -2.39. The number of rotatable bonds is 3. The molecule has 0 radical (unpaired) electrons. The third-order valence-corrected chi connectivity index (χ3v) is 4.46. The highest BCUT2D eigenvalue weighted by molar-refractivity contribution is 7.71. The van der Waals surface area contributed by atoms with Gasteiger partial charge in [0.05, 0.1) is 17.8 Å². The molecular formula is C14H22N4OS. The molecule has 1 atom stereocenters. The minimum Gasteiger partial charge on any atom is -0.379 e. The molecule has 0 bridgehead atoms. The Morgan fingerprint density at radius 3 is 2.95 bits per heavy atom. The van der Waals surface area contributed by atoms with Gasteiger partial charge in [0, 0.05) is 13.7 Å². The molecule has 0 spiro atoms. The number of fused-ring (bicyclic) bond motifs is 1. The van der Waals surface area contributed by atoms with Crippen LogP contribution in [0.15, 0.2) is 0 Å². The number of hydrogen-bond acceptors (Lipinski definition) is 3. The summed E-state index contributed by atoms with van der Waals surface area (Å²) in [4.78, 5) is 3.36. The molecule has 1 aliphatic rings. The number of aromatic nitrogens is 4. The molecule has 0 amide bonds. The molecule has 0 aromatic carbocycles. The Balaban J connectivity index is 2.20. The van der Waals surface area contributed by atoms with Crippen molar-refractivity contribution in [1.29, 1.82) is 0 Å². The average Bonchev–Trinajstić information content (AvgIpc) is 2.89. The molecule has 6 heteroatoms. The van der Waals surface area contributed by atoms with Crippen molar-refractivity contribution in [2.24, 2.45) is 7.05 Å². The van der Waals surface area contributed by atoms with Crippen molar-refractivity contribution in [3.8, 4) is 0 Å². The largest absolute Gasteiger partial charge is 0.379 e. The predicted molar refractivity (Wildman–Crippen MR) is 81.6 cm³/mol. The second-order valence-corrected chi connectivity index (χ2v) is 6.32. The van der Waals surface area contributed by atoms with Crippen LogP contribution in [0.25, 0.3) is 11.2 Å². The molecule has 1 fully saturated rings. The first kappa shape index (κ1) is 13.8. The molecule has 1 saturated heterocycles. The van der Waals surface area contributed by atoms with Crippen LogP contribution in [-0.2, 0) is 23.7 Å². The number of ether oxygens (including phenoxy) is 1. The van der Waals surface area contributed by atoms with Crippen LogP contribution in [0.2, 0.25) is 0 Å². The molecule has 110 valence electrons. The molecule has 20 heavy (non-hydrogen) atoms. The molecular weight excluding hydrogens is 272 g/mol. The van der Waals surface area contributed by atoms with E-state index < -0.39 is 0 Å². The number of nitrogens with one attached hydrogen (secondary N) is 1. The first-order chi connectivity index (χ1) is 9.57. The number of aryl methyl sites for hydroxylation is 2. The van der Waals surface area contributed by atoms with Crippen LogP contribution in [0.3, 0.4) is 0 Å². The van der Waals surface area contributed by atoms with Gasteiger partial charge in [0.2, 0.25) is 0 Å². The first-order valence-electron chi connectivity index (χ1n) is 7.31. The van der Waals surface area contributed by atoms with Gasteiger partial charge in [-0.15, -0.1) is 0 Å². The van der Waals surface area contributed by atoms with E-state index in [0.29, 0.717) is 6.61 Å². The van der Waals surface area contributed by atoms with Crippen molar-refractivity contribution in [3.05, 3.63) is 10.5 Å². The first-order valence-corrected chi connectivity index (χ1v) is 7.72. The van der Waals surface area contributed by atoms with Gasteiger partial charge < -0.3 is 9.72 Å². The normalized spacial score (nSPS) is 23.6. The van der Waals surface area contributed by atoms with E-state index in [1.807, 2.05) is 11.7 Å². The summed E-state index contributed by atoms with van der Waals surface area (Å²) in [7, 11) is 1.99. The van der Waals surface area contributed by atoms with Gasteiger partial charge in [0.25, 0.3) is 0 Å². The van der Waals surface area contributed by atoms with Gasteiger partial charge in [0.1, 0.15) is 5.52 Å². The lowest BCUT2D eigenvalue weighted by Gasteiger charge is -2.35. The Bertz CT molecular complexity index is 675. The van der Waals surface area contributed by atoms with E-state index >= 15 is 0 Å². The van der Waals surface area contributed by atoms with Gasteiger partial charge in [0.15, 0.2) is 10.4 Å². The maximum absolute atomic E-state index is 5.70. The molecule has 1 N–H and O–H groups in total. The van der Waals surface area contributed by atoms with E-state index in [4.69, 9.17) is 17.0 Å². The van der Waals surface area contributed by atoms with Gasteiger partial charge in [-0.25, -0.2) is 0 Å². The van der Waals surface area contributed by atoms with Crippen molar-refractivity contribution in [1.82, 2.24) is 19.3 Å². The maximum Gasteiger partial charge on any atom is 0.179 e. The minimum absolute atomic E-state index is 0.0785. The summed E-state index contributed by atoms with van der Waals surface area (Å²) >= 11 is 5.57. The number of aromatic amines is 1. The summed E-state index contributed by atoms with van der Waals surface area (Å²) in [6.45, 7) is 5.95. The number of imidazole rings is 1. The Labute approximate surface area is 123 Å². The molecule has 3 rings (SSSR count). The van der Waals surface area contributed by atoms with Crippen molar-refractivity contribution in [2.45, 2.75) is 45.1 Å². The molecule has 0 aliphatic carbocycles. The summed E-state index contributed by atoms with van der Waals surface area (Å²) < 4.78 is 10.6. The van der Waals surface area contributed by atoms with Crippen LogP contribution in [0, 0.1) is 4.77 Å². The van der Waals surface area contributed by atoms with E-state index in [0.717, 1.165) is 53.9 Å². The second-order valence-electron chi connectivity index (χ2n) is 5.94. The van der Waals surface area contributed by atoms with Crippen molar-refractivity contribution >= 4 is 23.4 Å². The highest BCUT2D eigenvalue weighted by Gasteiger charge is 2.33. The number of H-pyrrole nitrogens is 1. The molecule has 2 aromatic rings. The summed E-state index contributed by atoms with van der Waals surface area (Å²) in [6.07, 6.45) is 4.21. The molecule has 0 saturated carbocycles. The SMILES string of the molecule is CCCc1nn(C)c2c1[nH]c(=S)n2C1(C)CCCOC1. The minimum atomic E-state index is -0.0785. The lowest BCUT2D eigenvalue weighted by molar-refractivity contribution is 0.0103. The fourth-order valence-corrected chi connectivity index (χ4v) is 3.63. The smallest absolute Gasteiger partial charge is 0.179 e. The maximum atomic E-state index is 5.70. The average molecular weight is 294 g/mol. The Kier molecular flexibility index (Phi) is 3.46. The van der Waals surface area contributed by atoms with Gasteiger partial charge in [-0.1, -0.05) is 13.3 Å². The number of hydrogen-bond donors (Lipinski definition) is 1. The van der Waals surface area contributed by atoms with Crippen LogP contribution < -0.4 is 0 Å². The molecule has 3 heterocycles. The van der Waals surface area contributed by atoms with E-state index in [9.17, 15) is 0 Å². The zero-order valence-electron chi connectivity index (χ0n) is 12.4. The van der Waals surface area contributed by atoms with E-state index in [-0.39, 0.29) is 5.54 Å². The van der Waals surface area contributed by atoms with Crippen LogP contribution in [-0.4, -0.2) is 32.5 Å². The fraction of sp³-hybridized carbons (Fsp3) is 0.714. The van der Waals surface area contributed by atoms with Gasteiger partial charge in [-0.2, -0.15) is 5.10 Å². The quantitative estimate of drug-likeness (QED) is 0.885. The monoisotopic (exact) mass is 294 g/mol. The van der Waals surface area contributed by atoms with E-state index in [2.05, 4.69) is 28.5 Å². The van der Waals surface area contributed by atoms with Crippen LogP contribution in [0.1, 0.15) is 38.8 Å². The zero-order valence-corrected chi connectivity index (χ0v) is 13.2. The molecule has 5 nitrogen and oxygen atoms in total. The predicted octanol–water partition coefficient (Wildman–Crippen LogP) is 2.91. The lowest BCUT2D eigenvalue weighted by atomic mass is 9.94. The summed E-state index contributed by atoms with van der Waals surface area (Å²) in [5, 5.41) is 4.64. The van der Waals surface area contributed by atoms with E-state index in [1.54, 1.807) is 0 Å².